The number of ketones is 2. The van der Waals surface area contributed by atoms with Gasteiger partial charge in [-0.3, -0.25) is 14.4 Å². The highest BCUT2D eigenvalue weighted by atomic mass is 16.5. The molecule has 2 aromatic rings. The fourth-order valence-corrected chi connectivity index (χ4v) is 3.74. The Bertz CT molecular complexity index is 1100. The third-order valence-electron chi connectivity index (χ3n) is 5.25. The molecule has 7 heteroatoms. The smallest absolute Gasteiger partial charge is 0.254 e. The highest BCUT2D eigenvalue weighted by Gasteiger charge is 2.37. The van der Waals surface area contributed by atoms with E-state index in [1.165, 1.54) is 25.3 Å². The number of rotatable bonds is 5. The Morgan fingerprint density at radius 1 is 1.10 bits per heavy atom. The third-order valence-corrected chi connectivity index (χ3v) is 5.25. The van der Waals surface area contributed by atoms with E-state index >= 15 is 0 Å². The number of methoxy groups -OCH3 is 1. The van der Waals surface area contributed by atoms with Crippen molar-refractivity contribution in [1.29, 1.82) is 0 Å². The molecule has 30 heavy (non-hydrogen) atoms. The largest absolute Gasteiger partial charge is 0.507 e. The van der Waals surface area contributed by atoms with Crippen molar-refractivity contribution in [2.45, 2.75) is 20.8 Å². The number of Topliss-reactive ketones (excluding diaryl/α,β-unsaturated/α-hetero) is 2. The quantitative estimate of drug-likeness (QED) is 0.787. The van der Waals surface area contributed by atoms with Crippen molar-refractivity contribution in [2.75, 3.05) is 20.2 Å². The average molecular weight is 408 g/mol. The minimum Gasteiger partial charge on any atom is -0.507 e. The van der Waals surface area contributed by atoms with Gasteiger partial charge in [0.15, 0.2) is 5.78 Å². The lowest BCUT2D eigenvalue weighted by molar-refractivity contribution is 0.0772. The fourth-order valence-electron chi connectivity index (χ4n) is 3.74. The van der Waals surface area contributed by atoms with Gasteiger partial charge in [-0.1, -0.05) is 12.1 Å². The van der Waals surface area contributed by atoms with E-state index in [2.05, 4.69) is 0 Å². The Balaban J connectivity index is 2.35. The van der Waals surface area contributed by atoms with Gasteiger partial charge in [-0.05, 0) is 44.5 Å². The summed E-state index contributed by atoms with van der Waals surface area (Å²) in [6.07, 6.45) is 0. The number of nitrogens with two attached hydrogens (primary N) is 1. The monoisotopic (exact) mass is 408 g/mol. The number of ether oxygens (including phenoxy) is 1. The van der Waals surface area contributed by atoms with Crippen LogP contribution in [0.4, 0.5) is 0 Å². The van der Waals surface area contributed by atoms with Gasteiger partial charge >= 0.3 is 0 Å². The van der Waals surface area contributed by atoms with Crippen LogP contribution in [0.3, 0.4) is 0 Å². The van der Waals surface area contributed by atoms with E-state index in [0.717, 1.165) is 5.56 Å². The van der Waals surface area contributed by atoms with Gasteiger partial charge in [-0.2, -0.15) is 0 Å². The first-order valence-corrected chi connectivity index (χ1v) is 9.66. The van der Waals surface area contributed by atoms with Gasteiger partial charge in [-0.15, -0.1) is 0 Å². The molecule has 3 rings (SSSR count). The molecule has 0 aliphatic heterocycles. The summed E-state index contributed by atoms with van der Waals surface area (Å²) in [7, 11) is 1.43. The molecule has 2 aromatic carbocycles. The van der Waals surface area contributed by atoms with E-state index in [4.69, 9.17) is 10.5 Å². The second-order valence-corrected chi connectivity index (χ2v) is 7.01. The molecule has 1 aliphatic carbocycles. The van der Waals surface area contributed by atoms with Crippen molar-refractivity contribution in [3.63, 3.8) is 0 Å². The van der Waals surface area contributed by atoms with Gasteiger partial charge in [0.2, 0.25) is 5.78 Å². The maximum absolute atomic E-state index is 13.4. The molecule has 0 heterocycles. The van der Waals surface area contributed by atoms with Crippen LogP contribution in [0, 0.1) is 6.92 Å². The van der Waals surface area contributed by atoms with Crippen LogP contribution in [0.2, 0.25) is 0 Å². The topological polar surface area (TPSA) is 110 Å². The average Bonchev–Trinajstić information content (AvgIpc) is 2.73. The summed E-state index contributed by atoms with van der Waals surface area (Å²) in [6, 6.07) is 7.60. The lowest BCUT2D eigenvalue weighted by atomic mass is 9.81. The molecule has 0 aromatic heterocycles. The molecule has 7 nitrogen and oxygen atoms in total. The zero-order chi connectivity index (χ0) is 22.2. The molecule has 1 amide bonds. The zero-order valence-electron chi connectivity index (χ0n) is 17.4. The van der Waals surface area contributed by atoms with Gasteiger partial charge in [0.25, 0.3) is 5.91 Å². The molecule has 0 saturated heterocycles. The summed E-state index contributed by atoms with van der Waals surface area (Å²) in [5, 5.41) is 10.1. The van der Waals surface area contributed by atoms with Crippen LogP contribution in [0.25, 0.3) is 5.57 Å². The lowest BCUT2D eigenvalue weighted by Gasteiger charge is -2.25. The summed E-state index contributed by atoms with van der Waals surface area (Å²) in [4.78, 5) is 41.2. The molecule has 0 spiro atoms. The minimum absolute atomic E-state index is 0.0352. The zero-order valence-corrected chi connectivity index (χ0v) is 17.4. The maximum Gasteiger partial charge on any atom is 0.254 e. The van der Waals surface area contributed by atoms with Gasteiger partial charge < -0.3 is 20.5 Å². The Labute approximate surface area is 174 Å². The maximum atomic E-state index is 13.4. The number of amides is 1. The first-order chi connectivity index (χ1) is 14.3. The molecule has 0 saturated carbocycles. The van der Waals surface area contributed by atoms with Crippen molar-refractivity contribution in [1.82, 2.24) is 4.90 Å². The number of aryl methyl sites for hydroxylation is 1. The number of nitrogens with zero attached hydrogens (tertiary/aromatic N) is 1. The standard InChI is InChI=1S/C23H24N2O5/c1-5-25(6-2)23(29)14-10-12(3)11-16(30-4)18(14)19-20(24)22(28)17-13(21(19)27)8-7-9-15(17)26/h7-11,26H,5-6,24H2,1-4H3. The number of fused-ring (bicyclic) bond motifs is 1. The number of hydrogen-bond donors (Lipinski definition) is 2. The van der Waals surface area contributed by atoms with Crippen LogP contribution in [-0.4, -0.2) is 47.7 Å². The van der Waals surface area contributed by atoms with Crippen LogP contribution in [0.15, 0.2) is 36.0 Å². The van der Waals surface area contributed by atoms with Crippen molar-refractivity contribution in [2.24, 2.45) is 5.73 Å². The van der Waals surface area contributed by atoms with Crippen LogP contribution in [0.1, 0.15) is 56.0 Å². The van der Waals surface area contributed by atoms with E-state index in [-0.39, 0.29) is 50.9 Å². The normalized spacial score (nSPS) is 13.3. The number of aromatic hydroxyl groups is 1. The first-order valence-electron chi connectivity index (χ1n) is 9.66. The number of carbonyl (C=O) groups is 3. The molecule has 0 atom stereocenters. The number of benzene rings is 2. The Morgan fingerprint density at radius 3 is 2.37 bits per heavy atom. The Kier molecular flexibility index (Phi) is 5.64. The molecule has 0 unspecified atom stereocenters. The van der Waals surface area contributed by atoms with Crippen LogP contribution >= 0.6 is 0 Å². The highest BCUT2D eigenvalue weighted by Crippen LogP contribution is 2.40. The molecule has 1 aliphatic rings. The second kappa shape index (κ2) is 8.02. The predicted molar refractivity (Wildman–Crippen MR) is 113 cm³/mol. The number of phenols is 1. The highest BCUT2D eigenvalue weighted by molar-refractivity contribution is 6.41. The molecule has 0 bridgehead atoms. The van der Waals surface area contributed by atoms with Crippen molar-refractivity contribution in [3.8, 4) is 11.5 Å². The van der Waals surface area contributed by atoms with Crippen LogP contribution in [0.5, 0.6) is 11.5 Å². The van der Waals surface area contributed by atoms with Crippen LogP contribution in [-0.2, 0) is 0 Å². The fraction of sp³-hybridized carbons (Fsp3) is 0.261. The number of allylic oxidation sites excluding steroid dienone is 2. The number of hydrogen-bond acceptors (Lipinski definition) is 6. The van der Waals surface area contributed by atoms with Gasteiger partial charge in [0.05, 0.1) is 29.5 Å². The van der Waals surface area contributed by atoms with Crippen molar-refractivity contribution >= 4 is 23.0 Å². The molecule has 0 fully saturated rings. The number of phenolic OH excluding ortho intramolecular Hbond substituents is 1. The molecular weight excluding hydrogens is 384 g/mol. The summed E-state index contributed by atoms with van der Waals surface area (Å²) in [6.45, 7) is 6.47. The summed E-state index contributed by atoms with van der Waals surface area (Å²) in [5.41, 5.74) is 6.78. The molecule has 3 N–H and O–H groups in total. The van der Waals surface area contributed by atoms with Gasteiger partial charge in [0, 0.05) is 24.2 Å². The molecule has 0 radical (unpaired) electrons. The SMILES string of the molecule is CCN(CC)C(=O)c1cc(C)cc(OC)c1C1=C(N)C(=O)c2c(O)cccc2C1=O. The molecular formula is C23H24N2O5. The van der Waals surface area contributed by atoms with E-state index in [1.807, 2.05) is 20.8 Å². The van der Waals surface area contributed by atoms with E-state index < -0.39 is 11.6 Å². The summed E-state index contributed by atoms with van der Waals surface area (Å²) in [5.74, 6) is -1.55. The molecule has 156 valence electrons. The minimum atomic E-state index is -0.665. The van der Waals surface area contributed by atoms with Gasteiger partial charge in [-0.25, -0.2) is 0 Å². The Hall–Kier alpha value is -3.61. The van der Waals surface area contributed by atoms with E-state index in [9.17, 15) is 19.5 Å². The predicted octanol–water partition coefficient (Wildman–Crippen LogP) is 2.94. The van der Waals surface area contributed by atoms with Crippen LogP contribution < -0.4 is 10.5 Å². The van der Waals surface area contributed by atoms with E-state index in [1.54, 1.807) is 17.0 Å². The number of carbonyl (C=O) groups excluding carboxylic acids is 3. The summed E-state index contributed by atoms with van der Waals surface area (Å²) >= 11 is 0. The van der Waals surface area contributed by atoms with Crippen molar-refractivity contribution < 1.29 is 24.2 Å². The second-order valence-electron chi connectivity index (χ2n) is 7.01. The summed E-state index contributed by atoms with van der Waals surface area (Å²) < 4.78 is 5.49. The van der Waals surface area contributed by atoms with Gasteiger partial charge in [0.1, 0.15) is 11.5 Å². The lowest BCUT2D eigenvalue weighted by Crippen LogP contribution is -2.32. The van der Waals surface area contributed by atoms with Crippen molar-refractivity contribution in [3.05, 3.63) is 63.8 Å². The first kappa shape index (κ1) is 21.1. The van der Waals surface area contributed by atoms with E-state index in [0.29, 0.717) is 13.1 Å². The Morgan fingerprint density at radius 2 is 1.77 bits per heavy atom. The third kappa shape index (κ3) is 3.22.